The maximum atomic E-state index is 3.50. The lowest BCUT2D eigenvalue weighted by Gasteiger charge is -2.42. The van der Waals surface area contributed by atoms with Gasteiger partial charge in [0.05, 0.1) is 0 Å². The van der Waals surface area contributed by atoms with E-state index in [9.17, 15) is 0 Å². The van der Waals surface area contributed by atoms with E-state index in [1.54, 1.807) is 0 Å². The molecule has 0 spiro atoms. The van der Waals surface area contributed by atoms with E-state index in [4.69, 9.17) is 0 Å². The molecule has 0 saturated carbocycles. The van der Waals surface area contributed by atoms with Crippen LogP contribution in [0.5, 0.6) is 0 Å². The lowest BCUT2D eigenvalue weighted by molar-refractivity contribution is 0.117. The molecular formula is C9H19N. The van der Waals surface area contributed by atoms with Gasteiger partial charge in [-0.2, -0.15) is 0 Å². The van der Waals surface area contributed by atoms with Crippen molar-refractivity contribution in [1.82, 2.24) is 5.32 Å². The minimum atomic E-state index is 0.484. The molecule has 1 aliphatic rings. The van der Waals surface area contributed by atoms with Crippen molar-refractivity contribution >= 4 is 0 Å². The molecule has 0 bridgehead atoms. The lowest BCUT2D eigenvalue weighted by Crippen LogP contribution is -2.49. The van der Waals surface area contributed by atoms with Gasteiger partial charge in [0.25, 0.3) is 0 Å². The van der Waals surface area contributed by atoms with Crippen LogP contribution < -0.4 is 5.32 Å². The molecule has 1 saturated heterocycles. The lowest BCUT2D eigenvalue weighted by atomic mass is 9.71. The summed E-state index contributed by atoms with van der Waals surface area (Å²) in [5, 5.41) is 3.50. The zero-order valence-electron chi connectivity index (χ0n) is 7.57. The average molecular weight is 141 g/mol. The molecule has 60 valence electrons. The molecule has 1 rings (SSSR count). The van der Waals surface area contributed by atoms with Crippen molar-refractivity contribution in [3.05, 3.63) is 0 Å². The molecule has 0 aliphatic carbocycles. The van der Waals surface area contributed by atoms with Crippen molar-refractivity contribution in [1.29, 1.82) is 0 Å². The van der Waals surface area contributed by atoms with Crippen molar-refractivity contribution in [2.45, 2.75) is 40.2 Å². The second-order valence-electron chi connectivity index (χ2n) is 4.19. The second kappa shape index (κ2) is 2.54. The summed E-state index contributed by atoms with van der Waals surface area (Å²) in [6.07, 6.45) is 1.33. The molecule has 0 aromatic rings. The molecule has 1 aliphatic heterocycles. The van der Waals surface area contributed by atoms with E-state index in [-0.39, 0.29) is 0 Å². The van der Waals surface area contributed by atoms with Gasteiger partial charge in [-0.25, -0.2) is 0 Å². The van der Waals surface area contributed by atoms with Gasteiger partial charge in [0.1, 0.15) is 0 Å². The van der Waals surface area contributed by atoms with Gasteiger partial charge in [-0.15, -0.1) is 0 Å². The summed E-state index contributed by atoms with van der Waals surface area (Å²) in [5.41, 5.74) is 0.484. The minimum absolute atomic E-state index is 0.484. The van der Waals surface area contributed by atoms with E-state index in [0.717, 1.165) is 5.92 Å². The molecule has 1 heteroatoms. The summed E-state index contributed by atoms with van der Waals surface area (Å²) in [7, 11) is 0. The topological polar surface area (TPSA) is 12.0 Å². The zero-order chi connectivity index (χ0) is 7.78. The van der Waals surface area contributed by atoms with Crippen LogP contribution in [0.4, 0.5) is 0 Å². The number of hydrogen-bond donors (Lipinski definition) is 1. The number of rotatable bonds is 0. The Kier molecular flexibility index (Phi) is 2.04. The van der Waals surface area contributed by atoms with Gasteiger partial charge in [0, 0.05) is 6.04 Å². The summed E-state index contributed by atoms with van der Waals surface area (Å²) in [5.74, 6) is 0.865. The molecule has 1 nitrogen and oxygen atoms in total. The molecule has 1 heterocycles. The van der Waals surface area contributed by atoms with Gasteiger partial charge in [0.15, 0.2) is 0 Å². The predicted molar refractivity (Wildman–Crippen MR) is 45.0 cm³/mol. The molecule has 0 radical (unpaired) electrons. The van der Waals surface area contributed by atoms with E-state index < -0.39 is 0 Å². The van der Waals surface area contributed by atoms with Gasteiger partial charge >= 0.3 is 0 Å². The Labute approximate surface area is 64.2 Å². The maximum Gasteiger partial charge on any atom is 0.00924 e. The highest BCUT2D eigenvalue weighted by Gasteiger charge is 2.34. The van der Waals surface area contributed by atoms with Gasteiger partial charge in [-0.05, 0) is 31.2 Å². The number of piperidine rings is 1. The van der Waals surface area contributed by atoms with E-state index in [1.807, 2.05) is 0 Å². The largest absolute Gasteiger partial charge is 0.314 e. The van der Waals surface area contributed by atoms with Crippen LogP contribution in [0.25, 0.3) is 0 Å². The molecule has 1 N–H and O–H groups in total. The van der Waals surface area contributed by atoms with E-state index in [2.05, 4.69) is 33.0 Å². The van der Waals surface area contributed by atoms with Gasteiger partial charge in [-0.3, -0.25) is 0 Å². The van der Waals surface area contributed by atoms with Crippen LogP contribution in [0.2, 0.25) is 0 Å². The van der Waals surface area contributed by atoms with Crippen LogP contribution in [-0.2, 0) is 0 Å². The monoisotopic (exact) mass is 141 g/mol. The molecule has 10 heavy (non-hydrogen) atoms. The Morgan fingerprint density at radius 2 is 1.90 bits per heavy atom. The minimum Gasteiger partial charge on any atom is -0.314 e. The van der Waals surface area contributed by atoms with Gasteiger partial charge in [0.2, 0.25) is 0 Å². The third-order valence-corrected chi connectivity index (χ3v) is 3.41. The fourth-order valence-electron chi connectivity index (χ4n) is 1.58. The molecular weight excluding hydrogens is 122 g/mol. The average Bonchev–Trinajstić information content (AvgIpc) is 1.84. The Bertz CT molecular complexity index is 106. The Morgan fingerprint density at radius 1 is 1.30 bits per heavy atom. The van der Waals surface area contributed by atoms with Crippen molar-refractivity contribution in [3.8, 4) is 0 Å². The number of nitrogens with one attached hydrogen (secondary N) is 1. The first-order valence-electron chi connectivity index (χ1n) is 4.28. The Hall–Kier alpha value is -0.0400. The highest BCUT2D eigenvalue weighted by atomic mass is 14.9. The summed E-state index contributed by atoms with van der Waals surface area (Å²) < 4.78 is 0. The summed E-state index contributed by atoms with van der Waals surface area (Å²) in [6.45, 7) is 10.6. The Balaban J connectivity index is 2.63. The molecule has 0 aromatic carbocycles. The highest BCUT2D eigenvalue weighted by Crippen LogP contribution is 2.35. The first kappa shape index (κ1) is 8.06. The fraction of sp³-hybridized carbons (Fsp3) is 1.00. The standard InChI is InChI=1S/C9H19N/c1-7-5-6-10-8(2)9(7,3)4/h7-8,10H,5-6H2,1-4H3. The van der Waals surface area contributed by atoms with Crippen LogP contribution in [-0.4, -0.2) is 12.6 Å². The van der Waals surface area contributed by atoms with Crippen LogP contribution in [0, 0.1) is 11.3 Å². The summed E-state index contributed by atoms with van der Waals surface area (Å²) >= 11 is 0. The molecule has 1 fully saturated rings. The van der Waals surface area contributed by atoms with Gasteiger partial charge < -0.3 is 5.32 Å². The van der Waals surface area contributed by atoms with Crippen molar-refractivity contribution < 1.29 is 0 Å². The van der Waals surface area contributed by atoms with Crippen LogP contribution in [0.1, 0.15) is 34.1 Å². The smallest absolute Gasteiger partial charge is 0.00924 e. The first-order chi connectivity index (χ1) is 4.55. The third-order valence-electron chi connectivity index (χ3n) is 3.41. The zero-order valence-corrected chi connectivity index (χ0v) is 7.57. The summed E-state index contributed by atoms with van der Waals surface area (Å²) in [6, 6.07) is 0.677. The van der Waals surface area contributed by atoms with Crippen molar-refractivity contribution in [2.75, 3.05) is 6.54 Å². The van der Waals surface area contributed by atoms with Crippen molar-refractivity contribution in [3.63, 3.8) is 0 Å². The quantitative estimate of drug-likeness (QED) is 0.544. The number of hydrogen-bond acceptors (Lipinski definition) is 1. The second-order valence-corrected chi connectivity index (χ2v) is 4.19. The third kappa shape index (κ3) is 1.20. The molecule has 2 atom stereocenters. The highest BCUT2D eigenvalue weighted by molar-refractivity contribution is 4.89. The van der Waals surface area contributed by atoms with Crippen LogP contribution in [0.3, 0.4) is 0 Å². The summed E-state index contributed by atoms with van der Waals surface area (Å²) in [4.78, 5) is 0. The van der Waals surface area contributed by atoms with E-state index in [1.165, 1.54) is 13.0 Å². The first-order valence-corrected chi connectivity index (χ1v) is 4.28. The molecule has 0 aromatic heterocycles. The fourth-order valence-corrected chi connectivity index (χ4v) is 1.58. The molecule has 2 unspecified atom stereocenters. The normalized spacial score (nSPS) is 39.6. The maximum absolute atomic E-state index is 3.50. The van der Waals surface area contributed by atoms with E-state index in [0.29, 0.717) is 11.5 Å². The SMILES string of the molecule is CC1CCNC(C)C1(C)C. The Morgan fingerprint density at radius 3 is 2.30 bits per heavy atom. The predicted octanol–water partition coefficient (Wildman–Crippen LogP) is 2.03. The van der Waals surface area contributed by atoms with Crippen molar-refractivity contribution in [2.24, 2.45) is 11.3 Å². The van der Waals surface area contributed by atoms with E-state index >= 15 is 0 Å². The van der Waals surface area contributed by atoms with Crippen LogP contribution >= 0.6 is 0 Å². The molecule has 0 amide bonds. The van der Waals surface area contributed by atoms with Crippen LogP contribution in [0.15, 0.2) is 0 Å². The van der Waals surface area contributed by atoms with Gasteiger partial charge in [-0.1, -0.05) is 20.8 Å².